The number of unbranched alkanes of at least 4 members (excludes halogenated alkanes) is 1. The monoisotopic (exact) mass is 501 g/mol. The van der Waals surface area contributed by atoms with Crippen LogP contribution in [0.25, 0.3) is 0 Å². The number of aliphatic hydroxyl groups excluding tert-OH is 1. The third-order valence-electron chi connectivity index (χ3n) is 4.96. The molecular formula is C20H35N7O6S. The summed E-state index contributed by atoms with van der Waals surface area (Å²) < 4.78 is 0. The molecule has 3 amide bonds. The van der Waals surface area contributed by atoms with Gasteiger partial charge in [-0.15, -0.1) is 0 Å². The van der Waals surface area contributed by atoms with Crippen LogP contribution in [0.4, 0.5) is 0 Å². The van der Waals surface area contributed by atoms with Crippen molar-refractivity contribution >= 4 is 35.5 Å². The minimum absolute atomic E-state index is 0.0261. The fourth-order valence-electron chi connectivity index (χ4n) is 2.98. The number of nitrogens with one attached hydrogen (secondary N) is 4. The first-order valence-electron chi connectivity index (χ1n) is 10.9. The Morgan fingerprint density at radius 3 is 2.26 bits per heavy atom. The Morgan fingerprint density at radius 1 is 1.06 bits per heavy atom. The Bertz CT molecular complexity index is 779. The first-order valence-corrected chi connectivity index (χ1v) is 12.3. The van der Waals surface area contributed by atoms with Crippen LogP contribution in [0.3, 0.4) is 0 Å². The summed E-state index contributed by atoms with van der Waals surface area (Å²) >= 11 is 1.42. The number of carboxylic acids is 1. The molecule has 1 heterocycles. The third-order valence-corrected chi connectivity index (χ3v) is 5.60. The van der Waals surface area contributed by atoms with Gasteiger partial charge < -0.3 is 42.6 Å². The second-order valence-electron chi connectivity index (χ2n) is 7.66. The number of carbonyl (C=O) groups excluding carboxylic acids is 3. The van der Waals surface area contributed by atoms with Crippen LogP contribution in [0.2, 0.25) is 0 Å². The Labute approximate surface area is 202 Å². The van der Waals surface area contributed by atoms with Gasteiger partial charge in [0.25, 0.3) is 0 Å². The fourth-order valence-corrected chi connectivity index (χ4v) is 3.45. The van der Waals surface area contributed by atoms with Crippen LogP contribution in [0.1, 0.15) is 31.4 Å². The van der Waals surface area contributed by atoms with Crippen LogP contribution >= 0.6 is 11.8 Å². The molecule has 4 atom stereocenters. The molecule has 0 fully saturated rings. The fraction of sp³-hybridized carbons (Fsp3) is 0.650. The summed E-state index contributed by atoms with van der Waals surface area (Å²) in [4.78, 5) is 56.1. The molecule has 1 aromatic heterocycles. The van der Waals surface area contributed by atoms with E-state index >= 15 is 0 Å². The molecule has 34 heavy (non-hydrogen) atoms. The maximum atomic E-state index is 12.9. The molecule has 0 saturated heterocycles. The number of aromatic nitrogens is 2. The van der Waals surface area contributed by atoms with E-state index in [0.29, 0.717) is 37.3 Å². The zero-order valence-corrected chi connectivity index (χ0v) is 20.0. The summed E-state index contributed by atoms with van der Waals surface area (Å²) in [5.74, 6) is -2.88. The van der Waals surface area contributed by atoms with Crippen molar-refractivity contribution in [3.05, 3.63) is 18.2 Å². The van der Waals surface area contributed by atoms with Gasteiger partial charge in [-0.05, 0) is 37.8 Å². The molecule has 14 heteroatoms. The summed E-state index contributed by atoms with van der Waals surface area (Å²) in [5, 5.41) is 26.2. The second-order valence-corrected chi connectivity index (χ2v) is 8.64. The number of aromatic amines is 1. The van der Waals surface area contributed by atoms with Crippen LogP contribution < -0.4 is 27.4 Å². The Morgan fingerprint density at radius 2 is 1.71 bits per heavy atom. The number of carbonyl (C=O) groups is 4. The summed E-state index contributed by atoms with van der Waals surface area (Å²) in [6, 6.07) is -4.56. The summed E-state index contributed by atoms with van der Waals surface area (Å²) in [6.45, 7) is -0.292. The van der Waals surface area contributed by atoms with Gasteiger partial charge in [0, 0.05) is 18.3 Å². The van der Waals surface area contributed by atoms with E-state index in [1.54, 1.807) is 6.26 Å². The minimum atomic E-state index is -1.41. The summed E-state index contributed by atoms with van der Waals surface area (Å²) in [7, 11) is 0. The van der Waals surface area contributed by atoms with Crippen LogP contribution in [0.5, 0.6) is 0 Å². The number of thioether (sulfide) groups is 1. The van der Waals surface area contributed by atoms with Gasteiger partial charge in [0.1, 0.15) is 18.1 Å². The smallest absolute Gasteiger partial charge is 0.326 e. The lowest BCUT2D eigenvalue weighted by atomic mass is 10.1. The summed E-state index contributed by atoms with van der Waals surface area (Å²) in [5.41, 5.74) is 11.9. The highest BCUT2D eigenvalue weighted by molar-refractivity contribution is 7.98. The molecule has 0 radical (unpaired) electrons. The number of hydrogen-bond donors (Lipinski definition) is 8. The zero-order chi connectivity index (χ0) is 25.5. The van der Waals surface area contributed by atoms with E-state index < -0.39 is 54.5 Å². The van der Waals surface area contributed by atoms with E-state index in [1.165, 1.54) is 24.3 Å². The number of hydrogen-bond acceptors (Lipinski definition) is 9. The maximum Gasteiger partial charge on any atom is 0.326 e. The van der Waals surface area contributed by atoms with Gasteiger partial charge in [-0.25, -0.2) is 9.78 Å². The number of H-pyrrole nitrogens is 1. The molecule has 4 unspecified atom stereocenters. The molecule has 0 aliphatic carbocycles. The van der Waals surface area contributed by atoms with E-state index in [0.717, 1.165) is 0 Å². The van der Waals surface area contributed by atoms with Gasteiger partial charge in [0.05, 0.1) is 19.0 Å². The van der Waals surface area contributed by atoms with Crippen molar-refractivity contribution in [3.8, 4) is 0 Å². The first-order chi connectivity index (χ1) is 16.2. The average molecular weight is 502 g/mol. The molecule has 13 nitrogen and oxygen atoms in total. The Balaban J connectivity index is 2.86. The van der Waals surface area contributed by atoms with Gasteiger partial charge in [0.2, 0.25) is 17.7 Å². The molecule has 0 aliphatic heterocycles. The highest BCUT2D eigenvalue weighted by Gasteiger charge is 2.30. The lowest BCUT2D eigenvalue weighted by Crippen LogP contribution is -2.58. The average Bonchev–Trinajstić information content (AvgIpc) is 3.32. The number of nitrogens with zero attached hydrogens (tertiary/aromatic N) is 1. The van der Waals surface area contributed by atoms with Crippen LogP contribution in [0, 0.1) is 0 Å². The van der Waals surface area contributed by atoms with Gasteiger partial charge in [-0.1, -0.05) is 6.42 Å². The molecule has 0 bridgehead atoms. The van der Waals surface area contributed by atoms with Crippen molar-refractivity contribution in [2.75, 3.05) is 25.2 Å². The van der Waals surface area contributed by atoms with Crippen molar-refractivity contribution in [1.82, 2.24) is 25.9 Å². The third kappa shape index (κ3) is 10.5. The van der Waals surface area contributed by atoms with E-state index in [9.17, 15) is 29.4 Å². The first kappa shape index (κ1) is 29.4. The molecule has 1 aromatic rings. The molecule has 10 N–H and O–H groups in total. The van der Waals surface area contributed by atoms with E-state index in [4.69, 9.17) is 11.5 Å². The number of nitrogens with two attached hydrogens (primary N) is 2. The van der Waals surface area contributed by atoms with Gasteiger partial charge >= 0.3 is 5.97 Å². The number of imidazole rings is 1. The molecular weight excluding hydrogens is 466 g/mol. The number of aliphatic carboxylic acids is 1. The predicted molar refractivity (Wildman–Crippen MR) is 127 cm³/mol. The lowest BCUT2D eigenvalue weighted by Gasteiger charge is -2.24. The SMILES string of the molecule is CSCCC(NC(=O)C(CO)NC(=O)C(Cc1cnc[nH]1)NC(=O)C(N)CCCCN)C(=O)O. The standard InChI is InChI=1S/C20H35N7O6S/c1-34-7-5-14(20(32)33)25-19(31)16(10-28)27-18(30)15(8-12-9-23-11-24-12)26-17(29)13(22)4-2-3-6-21/h9,11,13-16,28H,2-8,10,21-22H2,1H3,(H,23,24)(H,25,31)(H,26,29)(H,27,30)(H,32,33). The van der Waals surface area contributed by atoms with Gasteiger partial charge in [-0.2, -0.15) is 11.8 Å². The normalized spacial score (nSPS) is 14.5. The molecule has 192 valence electrons. The minimum Gasteiger partial charge on any atom is -0.480 e. The predicted octanol–water partition coefficient (Wildman–Crippen LogP) is -2.31. The quantitative estimate of drug-likeness (QED) is 0.106. The van der Waals surface area contributed by atoms with Crippen LogP contribution in [-0.2, 0) is 25.6 Å². The number of aliphatic hydroxyl groups is 1. The van der Waals surface area contributed by atoms with Crippen molar-refractivity contribution in [1.29, 1.82) is 0 Å². The van der Waals surface area contributed by atoms with Gasteiger partial charge in [0.15, 0.2) is 0 Å². The van der Waals surface area contributed by atoms with E-state index in [2.05, 4.69) is 25.9 Å². The molecule has 0 spiro atoms. The molecule has 0 aromatic carbocycles. The largest absolute Gasteiger partial charge is 0.480 e. The number of rotatable bonds is 17. The molecule has 1 rings (SSSR count). The highest BCUT2D eigenvalue weighted by Crippen LogP contribution is 2.04. The second kappa shape index (κ2) is 16.0. The Hall–Kier alpha value is -2.68. The van der Waals surface area contributed by atoms with Crippen molar-refractivity contribution < 1.29 is 29.4 Å². The summed E-state index contributed by atoms with van der Waals surface area (Å²) in [6.07, 6.45) is 6.64. The maximum absolute atomic E-state index is 12.9. The van der Waals surface area contributed by atoms with Crippen LogP contribution in [-0.4, -0.2) is 93.2 Å². The topological polar surface area (TPSA) is 226 Å². The van der Waals surface area contributed by atoms with Crippen molar-refractivity contribution in [2.45, 2.75) is 56.3 Å². The van der Waals surface area contributed by atoms with Crippen LogP contribution in [0.15, 0.2) is 12.5 Å². The van der Waals surface area contributed by atoms with Crippen molar-refractivity contribution in [2.24, 2.45) is 11.5 Å². The van der Waals surface area contributed by atoms with E-state index in [-0.39, 0.29) is 12.8 Å². The number of amides is 3. The van der Waals surface area contributed by atoms with Gasteiger partial charge in [-0.3, -0.25) is 14.4 Å². The highest BCUT2D eigenvalue weighted by atomic mass is 32.2. The zero-order valence-electron chi connectivity index (χ0n) is 19.2. The van der Waals surface area contributed by atoms with E-state index in [1.807, 2.05) is 0 Å². The Kier molecular flexibility index (Phi) is 13.8. The molecule has 0 saturated carbocycles. The molecule has 0 aliphatic rings. The number of carboxylic acid groups (broad SMARTS) is 1. The van der Waals surface area contributed by atoms with Crippen molar-refractivity contribution in [3.63, 3.8) is 0 Å². The lowest BCUT2D eigenvalue weighted by molar-refractivity contribution is -0.142.